The number of nitrogens with zero attached hydrogens (tertiary/aromatic N) is 3. The number of aromatic nitrogens is 2. The minimum atomic E-state index is -1.14. The van der Waals surface area contributed by atoms with Crippen molar-refractivity contribution >= 4 is 18.0 Å². The highest BCUT2D eigenvalue weighted by Gasteiger charge is 2.25. The number of benzene rings is 2. The van der Waals surface area contributed by atoms with E-state index in [1.54, 1.807) is 30.3 Å². The van der Waals surface area contributed by atoms with Crippen molar-refractivity contribution in [2.75, 3.05) is 0 Å². The number of aliphatic hydroxyl groups excluding tert-OH is 2. The Labute approximate surface area is 225 Å². The van der Waals surface area contributed by atoms with Gasteiger partial charge >= 0.3 is 5.97 Å². The molecule has 0 radical (unpaired) electrons. The largest absolute Gasteiger partial charge is 0.392 e. The van der Waals surface area contributed by atoms with Crippen LogP contribution in [0, 0.1) is 17.1 Å². The number of hydrogen-bond acceptors (Lipinski definition) is 7. The van der Waals surface area contributed by atoms with Gasteiger partial charge in [-0.2, -0.15) is 16.3 Å². The molecule has 0 saturated heterocycles. The van der Waals surface area contributed by atoms with E-state index in [0.29, 0.717) is 22.5 Å². The van der Waals surface area contributed by atoms with Crippen LogP contribution in [0.1, 0.15) is 65.5 Å². The van der Waals surface area contributed by atoms with Crippen molar-refractivity contribution in [2.24, 2.45) is 0 Å². The van der Waals surface area contributed by atoms with Crippen LogP contribution < -0.4 is 11.2 Å². The predicted molar refractivity (Wildman–Crippen MR) is 139 cm³/mol. The van der Waals surface area contributed by atoms with E-state index in [4.69, 9.17) is 5.26 Å². The van der Waals surface area contributed by atoms with Crippen LogP contribution in [0.2, 0.25) is 0 Å². The molecule has 0 spiro atoms. The number of nitriles is 1. The number of quaternary nitrogens is 1. The first-order chi connectivity index (χ1) is 18.6. The summed E-state index contributed by atoms with van der Waals surface area (Å²) < 4.78 is 15.1. The first-order valence-electron chi connectivity index (χ1n) is 12.3. The van der Waals surface area contributed by atoms with E-state index in [1.807, 2.05) is 19.9 Å². The average molecular weight is 537 g/mol. The van der Waals surface area contributed by atoms with Crippen molar-refractivity contribution in [3.8, 4) is 11.8 Å². The molecule has 3 aromatic rings. The Morgan fingerprint density at radius 2 is 1.85 bits per heavy atom. The second-order valence-corrected chi connectivity index (χ2v) is 9.22. The Morgan fingerprint density at radius 1 is 1.18 bits per heavy atom. The summed E-state index contributed by atoms with van der Waals surface area (Å²) in [4.78, 5) is 28.9. The SMILES string of the molecule is CC(C)c1c(C(=O)NCc2ccc(C#N)cc2)nn(-c2ccc(F)cc2)c1C=CC(O)CC(O)CC(=O)O[NH3+]. The predicted octanol–water partition coefficient (Wildman–Crippen LogP) is 2.15. The van der Waals surface area contributed by atoms with Crippen LogP contribution in [0.5, 0.6) is 0 Å². The van der Waals surface area contributed by atoms with Gasteiger partial charge in [-0.3, -0.25) is 9.63 Å². The zero-order chi connectivity index (χ0) is 28.5. The van der Waals surface area contributed by atoms with Gasteiger partial charge in [-0.15, -0.1) is 0 Å². The third-order valence-corrected chi connectivity index (χ3v) is 5.91. The smallest absolute Gasteiger partial charge is 0.368 e. The summed E-state index contributed by atoms with van der Waals surface area (Å²) in [5.41, 5.74) is 3.06. The van der Waals surface area contributed by atoms with Crippen molar-refractivity contribution in [1.29, 1.82) is 5.26 Å². The summed E-state index contributed by atoms with van der Waals surface area (Å²) in [6.07, 6.45) is 0.297. The van der Waals surface area contributed by atoms with Crippen molar-refractivity contribution in [2.45, 2.75) is 51.4 Å². The second-order valence-electron chi connectivity index (χ2n) is 9.22. The molecule has 2 atom stereocenters. The molecule has 39 heavy (non-hydrogen) atoms. The van der Waals surface area contributed by atoms with E-state index in [9.17, 15) is 24.2 Å². The maximum Gasteiger partial charge on any atom is 0.368 e. The third kappa shape index (κ3) is 7.81. The molecular formula is C28H31FN5O5+. The van der Waals surface area contributed by atoms with Crippen LogP contribution in [-0.4, -0.2) is 44.1 Å². The fraction of sp³-hybridized carbons (Fsp3) is 0.286. The van der Waals surface area contributed by atoms with Crippen LogP contribution in [0.15, 0.2) is 54.6 Å². The lowest BCUT2D eigenvalue weighted by molar-refractivity contribution is -0.657. The molecule has 0 saturated carbocycles. The summed E-state index contributed by atoms with van der Waals surface area (Å²) in [6, 6.07) is 14.5. The van der Waals surface area contributed by atoms with Gasteiger partial charge in [0.05, 0.1) is 41.6 Å². The van der Waals surface area contributed by atoms with Crippen LogP contribution in [0.3, 0.4) is 0 Å². The van der Waals surface area contributed by atoms with Crippen molar-refractivity contribution in [3.63, 3.8) is 0 Å². The molecule has 0 bridgehead atoms. The second kappa shape index (κ2) is 13.4. The van der Waals surface area contributed by atoms with Gasteiger partial charge in [0.25, 0.3) is 5.91 Å². The lowest BCUT2D eigenvalue weighted by Crippen LogP contribution is -2.51. The molecule has 2 unspecified atom stereocenters. The molecule has 6 N–H and O–H groups in total. The molecular weight excluding hydrogens is 505 g/mol. The Kier molecular flexibility index (Phi) is 10.1. The molecule has 1 aromatic heterocycles. The Hall–Kier alpha value is -4.37. The number of carbonyl (C=O) groups excluding carboxylic acids is 2. The van der Waals surface area contributed by atoms with Gasteiger partial charge in [0.1, 0.15) is 5.82 Å². The van der Waals surface area contributed by atoms with E-state index < -0.39 is 29.9 Å². The van der Waals surface area contributed by atoms with E-state index >= 15 is 0 Å². The molecule has 1 amide bonds. The first-order valence-corrected chi connectivity index (χ1v) is 12.3. The number of aliphatic hydroxyl groups is 2. The summed E-state index contributed by atoms with van der Waals surface area (Å²) in [5.74, 6) is 1.28. The van der Waals surface area contributed by atoms with Gasteiger partial charge in [-0.1, -0.05) is 32.1 Å². The number of amides is 1. The normalized spacial score (nSPS) is 12.8. The Balaban J connectivity index is 1.94. The van der Waals surface area contributed by atoms with Crippen molar-refractivity contribution < 1.29 is 34.9 Å². The summed E-state index contributed by atoms with van der Waals surface area (Å²) in [7, 11) is 0. The zero-order valence-corrected chi connectivity index (χ0v) is 21.7. The fourth-order valence-corrected chi connectivity index (χ4v) is 3.98. The number of rotatable bonds is 11. The minimum absolute atomic E-state index is 0.134. The van der Waals surface area contributed by atoms with Gasteiger partial charge in [-0.25, -0.2) is 13.9 Å². The number of carbonyl (C=O) groups is 2. The molecule has 0 aliphatic carbocycles. The molecule has 1 heterocycles. The monoisotopic (exact) mass is 536 g/mol. The standard InChI is InChI=1S/C28H30FN5O5/c1-17(2)26-24(12-11-22(35)13-23(36)14-25(37)39-31)34(21-9-7-20(29)8-10-21)33-27(26)28(38)32-16-19-5-3-18(15-30)4-6-19/h3-12,17,22-23,35-36H,13-14,16H2,1-2,31H3/p+1. The maximum absolute atomic E-state index is 13.6. The highest BCUT2D eigenvalue weighted by molar-refractivity contribution is 5.95. The van der Waals surface area contributed by atoms with Gasteiger partial charge in [0.15, 0.2) is 5.69 Å². The quantitative estimate of drug-likeness (QED) is 0.273. The number of hydrogen-bond donors (Lipinski definition) is 4. The zero-order valence-electron chi connectivity index (χ0n) is 21.7. The van der Waals surface area contributed by atoms with Gasteiger partial charge in [0, 0.05) is 18.5 Å². The Bertz CT molecular complexity index is 1360. The van der Waals surface area contributed by atoms with Crippen LogP contribution in [0.25, 0.3) is 11.8 Å². The fourth-order valence-electron chi connectivity index (χ4n) is 3.98. The van der Waals surface area contributed by atoms with E-state index in [1.165, 1.54) is 35.0 Å². The van der Waals surface area contributed by atoms with Crippen LogP contribution in [-0.2, 0) is 16.2 Å². The van der Waals surface area contributed by atoms with Crippen LogP contribution in [0.4, 0.5) is 4.39 Å². The van der Waals surface area contributed by atoms with E-state index in [0.717, 1.165) is 5.56 Å². The highest BCUT2D eigenvalue weighted by Crippen LogP contribution is 2.28. The average Bonchev–Trinajstić information content (AvgIpc) is 3.31. The third-order valence-electron chi connectivity index (χ3n) is 5.91. The molecule has 10 nitrogen and oxygen atoms in total. The number of halogens is 1. The van der Waals surface area contributed by atoms with E-state index in [2.05, 4.69) is 21.2 Å². The van der Waals surface area contributed by atoms with Crippen molar-refractivity contribution in [1.82, 2.24) is 15.1 Å². The molecule has 0 aliphatic rings. The van der Waals surface area contributed by atoms with Gasteiger partial charge < -0.3 is 15.5 Å². The van der Waals surface area contributed by atoms with Crippen LogP contribution >= 0.6 is 0 Å². The van der Waals surface area contributed by atoms with Gasteiger partial charge in [0.2, 0.25) is 0 Å². The summed E-state index contributed by atoms with van der Waals surface area (Å²) in [6.45, 7) is 4.00. The molecule has 3 rings (SSSR count). The number of nitrogens with one attached hydrogen (secondary N) is 1. The highest BCUT2D eigenvalue weighted by atomic mass is 19.1. The summed E-state index contributed by atoms with van der Waals surface area (Å²) in [5, 5.41) is 36.9. The topological polar surface area (TPSA) is 165 Å². The van der Waals surface area contributed by atoms with Crippen molar-refractivity contribution in [3.05, 3.63) is 88.5 Å². The molecule has 2 aromatic carbocycles. The Morgan fingerprint density at radius 3 is 2.44 bits per heavy atom. The molecule has 0 aliphatic heterocycles. The van der Waals surface area contributed by atoms with Gasteiger partial charge in [-0.05, 0) is 54.0 Å². The molecule has 11 heteroatoms. The van der Waals surface area contributed by atoms with E-state index in [-0.39, 0.29) is 31.0 Å². The molecule has 204 valence electrons. The maximum atomic E-state index is 13.6. The summed E-state index contributed by atoms with van der Waals surface area (Å²) >= 11 is 0. The lowest BCUT2D eigenvalue weighted by Gasteiger charge is -2.12. The lowest BCUT2D eigenvalue weighted by atomic mass is 9.98. The first kappa shape index (κ1) is 29.2. The minimum Gasteiger partial charge on any atom is -0.392 e. The molecule has 0 fully saturated rings.